The maximum atomic E-state index is 2.48. The molecule has 6 heterocycles. The highest BCUT2D eigenvalue weighted by Gasteiger charge is 2.45. The predicted octanol–water partition coefficient (Wildman–Crippen LogP) is 11.6. The number of thiophene rings is 4. The van der Waals surface area contributed by atoms with Crippen molar-refractivity contribution in [3.8, 4) is 0 Å². The zero-order valence-electron chi connectivity index (χ0n) is 23.7. The Balaban J connectivity index is 1.52. The lowest BCUT2D eigenvalue weighted by atomic mass is 10.2. The van der Waals surface area contributed by atoms with E-state index in [1.165, 1.54) is 62.3 Å². The van der Waals surface area contributed by atoms with Crippen molar-refractivity contribution in [1.29, 1.82) is 0 Å². The van der Waals surface area contributed by atoms with Gasteiger partial charge in [0.05, 0.1) is 22.7 Å². The highest BCUT2D eigenvalue weighted by atomic mass is 32.1. The molecule has 2 aromatic carbocycles. The average Bonchev–Trinajstić information content (AvgIpc) is 3.82. The molecule has 42 heavy (non-hydrogen) atoms. The van der Waals surface area contributed by atoms with E-state index < -0.39 is 0 Å². The molecular formula is C34H28N4S4. The summed E-state index contributed by atoms with van der Waals surface area (Å²) in [6.45, 7) is 8.76. The highest BCUT2D eigenvalue weighted by Crippen LogP contribution is 2.59. The van der Waals surface area contributed by atoms with Crippen LogP contribution < -0.4 is 19.6 Å². The number of aryl methyl sites for hydroxylation is 4. The highest BCUT2D eigenvalue weighted by molar-refractivity contribution is 7.17. The minimum Gasteiger partial charge on any atom is -0.282 e. The molecule has 8 rings (SSSR count). The Morgan fingerprint density at radius 1 is 0.333 bits per heavy atom. The Morgan fingerprint density at radius 3 is 0.762 bits per heavy atom. The first-order chi connectivity index (χ1) is 20.5. The van der Waals surface area contributed by atoms with Gasteiger partial charge < -0.3 is 0 Å². The van der Waals surface area contributed by atoms with E-state index in [0.717, 1.165) is 11.6 Å². The first kappa shape index (κ1) is 25.9. The van der Waals surface area contributed by atoms with Crippen LogP contribution in [-0.4, -0.2) is 0 Å². The van der Waals surface area contributed by atoms with Crippen LogP contribution in [0.1, 0.15) is 19.5 Å². The van der Waals surface area contributed by atoms with Crippen LogP contribution in [0.4, 0.5) is 42.8 Å². The summed E-state index contributed by atoms with van der Waals surface area (Å²) in [5, 5.41) is 4.83. The van der Waals surface area contributed by atoms with Crippen LogP contribution in [0.5, 0.6) is 0 Å². The second kappa shape index (κ2) is 9.88. The molecule has 0 bridgehead atoms. The zero-order chi connectivity index (χ0) is 28.5. The molecule has 2 aliphatic heterocycles. The van der Waals surface area contributed by atoms with E-state index >= 15 is 0 Å². The van der Waals surface area contributed by atoms with Crippen molar-refractivity contribution in [2.75, 3.05) is 19.6 Å². The van der Waals surface area contributed by atoms with Crippen molar-refractivity contribution < 1.29 is 0 Å². The van der Waals surface area contributed by atoms with E-state index in [1.54, 1.807) is 0 Å². The summed E-state index contributed by atoms with van der Waals surface area (Å²) in [5.41, 5.74) is 4.75. The average molecular weight is 621 g/mol. The van der Waals surface area contributed by atoms with Crippen molar-refractivity contribution in [3.63, 3.8) is 0 Å². The first-order valence-corrected chi connectivity index (χ1v) is 17.1. The number of fused-ring (bicyclic) bond motifs is 2. The molecule has 0 radical (unpaired) electrons. The van der Waals surface area contributed by atoms with E-state index in [1.807, 2.05) is 45.3 Å². The number of nitrogens with zero attached hydrogens (tertiary/aromatic N) is 4. The van der Waals surface area contributed by atoms with Gasteiger partial charge in [0, 0.05) is 19.5 Å². The topological polar surface area (TPSA) is 13.0 Å². The number of benzene rings is 2. The van der Waals surface area contributed by atoms with Gasteiger partial charge in [-0.05, 0) is 100 Å². The number of para-hydroxylation sites is 4. The van der Waals surface area contributed by atoms with Gasteiger partial charge in [-0.3, -0.25) is 19.6 Å². The molecule has 208 valence electrons. The van der Waals surface area contributed by atoms with E-state index in [9.17, 15) is 0 Å². The van der Waals surface area contributed by atoms with Crippen LogP contribution in [0, 0.1) is 27.7 Å². The van der Waals surface area contributed by atoms with E-state index in [0.29, 0.717) is 0 Å². The second-order valence-electron chi connectivity index (χ2n) is 10.5. The summed E-state index contributed by atoms with van der Waals surface area (Å²) in [7, 11) is 0. The van der Waals surface area contributed by atoms with Crippen LogP contribution in [0.15, 0.2) is 109 Å². The molecule has 0 fully saturated rings. The predicted molar refractivity (Wildman–Crippen MR) is 185 cm³/mol. The Morgan fingerprint density at radius 2 is 0.571 bits per heavy atom. The summed E-state index contributed by atoms with van der Waals surface area (Å²) in [6, 6.07) is 35.6. The van der Waals surface area contributed by atoms with Gasteiger partial charge >= 0.3 is 0 Å². The molecular weight excluding hydrogens is 593 g/mol. The van der Waals surface area contributed by atoms with Gasteiger partial charge in [0.2, 0.25) is 0 Å². The van der Waals surface area contributed by atoms with Gasteiger partial charge in [0.1, 0.15) is 20.0 Å². The molecule has 0 N–H and O–H groups in total. The molecule has 0 atom stereocenters. The quantitative estimate of drug-likeness (QED) is 0.194. The van der Waals surface area contributed by atoms with Gasteiger partial charge in [-0.25, -0.2) is 0 Å². The summed E-state index contributed by atoms with van der Waals surface area (Å²) in [4.78, 5) is 15.1. The van der Waals surface area contributed by atoms with Crippen molar-refractivity contribution >= 4 is 88.1 Å². The van der Waals surface area contributed by atoms with E-state index in [-0.39, 0.29) is 0 Å². The Kier molecular flexibility index (Phi) is 6.08. The zero-order valence-corrected chi connectivity index (χ0v) is 26.9. The largest absolute Gasteiger partial charge is 0.282 e. The van der Waals surface area contributed by atoms with Crippen molar-refractivity contribution in [2.45, 2.75) is 27.7 Å². The monoisotopic (exact) mass is 620 g/mol. The third-order valence-corrected chi connectivity index (χ3v) is 11.5. The third-order valence-electron chi connectivity index (χ3n) is 7.56. The van der Waals surface area contributed by atoms with Gasteiger partial charge in [0.15, 0.2) is 11.6 Å². The number of rotatable bonds is 4. The van der Waals surface area contributed by atoms with Gasteiger partial charge in [-0.1, -0.05) is 24.3 Å². The molecule has 0 amide bonds. The van der Waals surface area contributed by atoms with Crippen LogP contribution in [-0.2, 0) is 0 Å². The Hall–Kier alpha value is -3.82. The van der Waals surface area contributed by atoms with Crippen LogP contribution >= 0.6 is 45.3 Å². The molecule has 0 saturated heterocycles. The number of anilines is 8. The summed E-state index contributed by atoms with van der Waals surface area (Å²) < 4.78 is 0. The minimum atomic E-state index is 1.13. The SMILES string of the molecule is Cc1ccc(N2C(=C3N(c4ccc(C)s4)c4ccccc4N3c3ccc(C)s3)N(c3ccc(C)s3)c3ccccc32)s1. The summed E-state index contributed by atoms with van der Waals surface area (Å²) in [6.07, 6.45) is 0. The molecule has 8 heteroatoms. The van der Waals surface area contributed by atoms with E-state index in [4.69, 9.17) is 0 Å². The first-order valence-electron chi connectivity index (χ1n) is 13.9. The Bertz CT molecular complexity index is 1710. The molecule has 0 spiro atoms. The molecule has 0 unspecified atom stereocenters. The second-order valence-corrected chi connectivity index (χ2v) is 15.6. The minimum absolute atomic E-state index is 1.13. The smallest absolute Gasteiger partial charge is 0.167 e. The molecule has 0 aliphatic carbocycles. The van der Waals surface area contributed by atoms with Gasteiger partial charge in [-0.15, -0.1) is 45.3 Å². The summed E-state index contributed by atoms with van der Waals surface area (Å²) in [5.74, 6) is 2.27. The van der Waals surface area contributed by atoms with Crippen molar-refractivity contribution in [1.82, 2.24) is 0 Å². The van der Waals surface area contributed by atoms with Crippen LogP contribution in [0.25, 0.3) is 0 Å². The molecule has 0 saturated carbocycles. The molecule has 2 aliphatic rings. The maximum Gasteiger partial charge on any atom is 0.167 e. The fourth-order valence-electron chi connectivity index (χ4n) is 5.80. The number of hydrogen-bond donors (Lipinski definition) is 0. The fourth-order valence-corrected chi connectivity index (χ4v) is 9.31. The fraction of sp³-hybridized carbons (Fsp3) is 0.118. The molecule has 4 nitrogen and oxygen atoms in total. The van der Waals surface area contributed by atoms with E-state index in [2.05, 4.69) is 144 Å². The van der Waals surface area contributed by atoms with Crippen LogP contribution in [0.3, 0.4) is 0 Å². The maximum absolute atomic E-state index is 2.48. The summed E-state index contributed by atoms with van der Waals surface area (Å²) >= 11 is 7.35. The normalized spacial score (nSPS) is 14.4. The number of hydrogen-bond acceptors (Lipinski definition) is 8. The van der Waals surface area contributed by atoms with Gasteiger partial charge in [-0.2, -0.15) is 0 Å². The van der Waals surface area contributed by atoms with Gasteiger partial charge in [0.25, 0.3) is 0 Å². The molecule has 6 aromatic rings. The lowest BCUT2D eigenvalue weighted by Crippen LogP contribution is -2.32. The standard InChI is InChI=1S/C34H28N4S4/c1-21-13-17-29(39-21)35-25-9-5-6-10-26(25)36(30-18-14-22(2)40-30)33(35)34-37(31-19-15-23(3)41-31)27-11-7-8-12-28(27)38(34)32-20-16-24(4)42-32/h5-20H,1-4H3. The Labute approximate surface area is 262 Å². The lowest BCUT2D eigenvalue weighted by molar-refractivity contribution is 1.03. The van der Waals surface area contributed by atoms with Crippen molar-refractivity contribution in [3.05, 3.63) is 128 Å². The third kappa shape index (κ3) is 3.97. The molecule has 4 aromatic heterocycles. The lowest BCUT2D eigenvalue weighted by Gasteiger charge is -2.32. The van der Waals surface area contributed by atoms with Crippen molar-refractivity contribution in [2.24, 2.45) is 0 Å². The van der Waals surface area contributed by atoms with Crippen LogP contribution in [0.2, 0.25) is 0 Å².